The molecule has 0 bridgehead atoms. The van der Waals surface area contributed by atoms with Crippen LogP contribution in [0.5, 0.6) is 0 Å². The summed E-state index contributed by atoms with van der Waals surface area (Å²) in [5.74, 6) is 0. The van der Waals surface area contributed by atoms with E-state index in [1.807, 2.05) is 25.1 Å². The average molecular weight is 248 g/mol. The van der Waals surface area contributed by atoms with Crippen molar-refractivity contribution in [2.45, 2.75) is 52.1 Å². The lowest BCUT2D eigenvalue weighted by Crippen LogP contribution is -2.28. The highest BCUT2D eigenvalue weighted by molar-refractivity contribution is 5.15. The molecule has 1 aromatic rings. The van der Waals surface area contributed by atoms with Gasteiger partial charge in [-0.15, -0.1) is 0 Å². The Morgan fingerprint density at radius 1 is 1.22 bits per heavy atom. The van der Waals surface area contributed by atoms with Crippen molar-refractivity contribution >= 4 is 0 Å². The van der Waals surface area contributed by atoms with E-state index in [4.69, 9.17) is 10.1 Å². The van der Waals surface area contributed by atoms with Gasteiger partial charge in [-0.05, 0) is 52.0 Å². The van der Waals surface area contributed by atoms with E-state index in [9.17, 15) is 0 Å². The Morgan fingerprint density at radius 2 is 1.89 bits per heavy atom. The maximum Gasteiger partial charge on any atom is 0.101 e. The molecule has 0 saturated carbocycles. The third kappa shape index (κ3) is 5.48. The monoisotopic (exact) mass is 248 g/mol. The lowest BCUT2D eigenvalue weighted by Gasteiger charge is -2.25. The molecule has 0 radical (unpaired) electrons. The number of allylic oxidation sites excluding steroid dienone is 2. The molecule has 2 nitrogen and oxygen atoms in total. The molecule has 1 unspecified atom stereocenters. The predicted octanol–water partition coefficient (Wildman–Crippen LogP) is 4.61. The fourth-order valence-corrected chi connectivity index (χ4v) is 1.94. The van der Waals surface area contributed by atoms with E-state index >= 15 is 0 Å². The molecule has 1 rings (SSSR count). The van der Waals surface area contributed by atoms with Gasteiger partial charge in [-0.3, -0.25) is 5.26 Å². The first-order valence-corrected chi connectivity index (χ1v) is 6.55. The summed E-state index contributed by atoms with van der Waals surface area (Å²) >= 11 is 0. The molecule has 0 aromatic heterocycles. The molecule has 0 spiro atoms. The highest BCUT2D eigenvalue weighted by Gasteiger charge is 2.24. The molecule has 0 aliphatic heterocycles. The van der Waals surface area contributed by atoms with Gasteiger partial charge in [0, 0.05) is 0 Å². The number of benzene rings is 1. The first-order valence-electron chi connectivity index (χ1n) is 6.55. The van der Waals surface area contributed by atoms with Crippen molar-refractivity contribution in [3.63, 3.8) is 0 Å². The van der Waals surface area contributed by atoms with Gasteiger partial charge >= 0.3 is 0 Å². The standard InChI is InChI=1S/C16H24O2/c1-14(2)8-7-12-16(3,18-17)13-11-15-9-5-4-6-10-15/h4-6,8-10,17H,7,11-13H2,1-3H3. The van der Waals surface area contributed by atoms with Gasteiger partial charge in [0.05, 0.1) is 0 Å². The van der Waals surface area contributed by atoms with Gasteiger partial charge in [0.1, 0.15) is 5.60 Å². The highest BCUT2D eigenvalue weighted by Crippen LogP contribution is 2.24. The molecule has 0 fully saturated rings. The summed E-state index contributed by atoms with van der Waals surface area (Å²) in [5, 5.41) is 9.11. The van der Waals surface area contributed by atoms with Crippen LogP contribution in [-0.2, 0) is 11.3 Å². The zero-order valence-electron chi connectivity index (χ0n) is 11.6. The highest BCUT2D eigenvalue weighted by atomic mass is 17.1. The van der Waals surface area contributed by atoms with Crippen molar-refractivity contribution in [1.82, 2.24) is 0 Å². The van der Waals surface area contributed by atoms with Crippen LogP contribution < -0.4 is 0 Å². The summed E-state index contributed by atoms with van der Waals surface area (Å²) in [7, 11) is 0. The van der Waals surface area contributed by atoms with Crippen LogP contribution in [0.1, 0.15) is 45.6 Å². The van der Waals surface area contributed by atoms with Crippen LogP contribution in [0.15, 0.2) is 42.0 Å². The zero-order valence-corrected chi connectivity index (χ0v) is 11.6. The Hall–Kier alpha value is -1.12. The van der Waals surface area contributed by atoms with Crippen molar-refractivity contribution in [3.8, 4) is 0 Å². The Kier molecular flexibility index (Phi) is 6.10. The maximum atomic E-state index is 9.11. The summed E-state index contributed by atoms with van der Waals surface area (Å²) in [5.41, 5.74) is 2.13. The van der Waals surface area contributed by atoms with Crippen LogP contribution in [0.2, 0.25) is 0 Å². The summed E-state index contributed by atoms with van der Waals surface area (Å²) in [6.07, 6.45) is 5.70. The summed E-state index contributed by atoms with van der Waals surface area (Å²) < 4.78 is 0. The Labute approximate surface area is 110 Å². The number of hydrogen-bond donors (Lipinski definition) is 1. The second-order valence-corrected chi connectivity index (χ2v) is 5.35. The lowest BCUT2D eigenvalue weighted by molar-refractivity contribution is -0.321. The fraction of sp³-hybridized carbons (Fsp3) is 0.500. The van der Waals surface area contributed by atoms with Gasteiger partial charge in [0.2, 0.25) is 0 Å². The van der Waals surface area contributed by atoms with E-state index < -0.39 is 5.60 Å². The van der Waals surface area contributed by atoms with E-state index in [-0.39, 0.29) is 0 Å². The van der Waals surface area contributed by atoms with Crippen LogP contribution >= 0.6 is 0 Å². The van der Waals surface area contributed by atoms with Crippen molar-refractivity contribution in [1.29, 1.82) is 0 Å². The molecule has 18 heavy (non-hydrogen) atoms. The quantitative estimate of drug-likeness (QED) is 0.433. The molecular weight excluding hydrogens is 224 g/mol. The van der Waals surface area contributed by atoms with E-state index in [0.29, 0.717) is 0 Å². The van der Waals surface area contributed by atoms with Crippen molar-refractivity contribution in [2.24, 2.45) is 0 Å². The van der Waals surface area contributed by atoms with Gasteiger partial charge < -0.3 is 0 Å². The van der Waals surface area contributed by atoms with Gasteiger partial charge in [0.15, 0.2) is 0 Å². The van der Waals surface area contributed by atoms with Gasteiger partial charge in [0.25, 0.3) is 0 Å². The third-order valence-corrected chi connectivity index (χ3v) is 3.23. The Balaban J connectivity index is 2.47. The summed E-state index contributed by atoms with van der Waals surface area (Å²) in [6.45, 7) is 6.14. The Morgan fingerprint density at radius 3 is 2.44 bits per heavy atom. The van der Waals surface area contributed by atoms with Gasteiger partial charge in [-0.2, -0.15) is 0 Å². The molecule has 0 saturated heterocycles. The second kappa shape index (κ2) is 7.34. The van der Waals surface area contributed by atoms with Crippen molar-refractivity contribution in [2.75, 3.05) is 0 Å². The third-order valence-electron chi connectivity index (χ3n) is 3.23. The number of rotatable bonds is 7. The number of hydrogen-bond acceptors (Lipinski definition) is 2. The van der Waals surface area contributed by atoms with Crippen molar-refractivity contribution in [3.05, 3.63) is 47.5 Å². The molecule has 1 atom stereocenters. The van der Waals surface area contributed by atoms with E-state index in [0.717, 1.165) is 25.7 Å². The molecule has 100 valence electrons. The fourth-order valence-electron chi connectivity index (χ4n) is 1.94. The molecule has 0 aliphatic carbocycles. The van der Waals surface area contributed by atoms with E-state index in [2.05, 4.69) is 32.1 Å². The minimum absolute atomic E-state index is 0.457. The molecule has 0 amide bonds. The number of aryl methyl sites for hydroxylation is 1. The summed E-state index contributed by atoms with van der Waals surface area (Å²) in [6, 6.07) is 10.3. The average Bonchev–Trinajstić information content (AvgIpc) is 2.37. The molecule has 0 heterocycles. The molecule has 0 aliphatic rings. The summed E-state index contributed by atoms with van der Waals surface area (Å²) in [4.78, 5) is 4.71. The minimum Gasteiger partial charge on any atom is -0.251 e. The van der Waals surface area contributed by atoms with Crippen LogP contribution in [-0.4, -0.2) is 10.9 Å². The predicted molar refractivity (Wildman–Crippen MR) is 75.5 cm³/mol. The van der Waals surface area contributed by atoms with Gasteiger partial charge in [-0.25, -0.2) is 4.89 Å². The SMILES string of the molecule is CC(C)=CCCC(C)(CCc1ccccc1)OO. The molecule has 1 aromatic carbocycles. The molecular formula is C16H24O2. The zero-order chi connectivity index (χ0) is 13.4. The van der Waals surface area contributed by atoms with E-state index in [1.54, 1.807) is 0 Å². The van der Waals surface area contributed by atoms with Crippen LogP contribution in [0.3, 0.4) is 0 Å². The minimum atomic E-state index is -0.457. The smallest absolute Gasteiger partial charge is 0.101 e. The maximum absolute atomic E-state index is 9.11. The molecule has 1 N–H and O–H groups in total. The van der Waals surface area contributed by atoms with Crippen LogP contribution in [0, 0.1) is 0 Å². The first kappa shape index (κ1) is 14.9. The second-order valence-electron chi connectivity index (χ2n) is 5.35. The van der Waals surface area contributed by atoms with Crippen LogP contribution in [0.25, 0.3) is 0 Å². The molecule has 2 heteroatoms. The normalized spacial score (nSPS) is 14.0. The van der Waals surface area contributed by atoms with Gasteiger partial charge in [-0.1, -0.05) is 42.0 Å². The first-order chi connectivity index (χ1) is 8.56. The van der Waals surface area contributed by atoms with Crippen molar-refractivity contribution < 1.29 is 10.1 Å². The lowest BCUT2D eigenvalue weighted by atomic mass is 9.92. The van der Waals surface area contributed by atoms with Crippen LogP contribution in [0.4, 0.5) is 0 Å². The Bertz CT molecular complexity index is 366. The van der Waals surface area contributed by atoms with E-state index in [1.165, 1.54) is 11.1 Å². The topological polar surface area (TPSA) is 29.5 Å². The largest absolute Gasteiger partial charge is 0.251 e.